The highest BCUT2D eigenvalue weighted by Gasteiger charge is 2.29. The zero-order chi connectivity index (χ0) is 9.97. The number of hydrogen-bond acceptors (Lipinski definition) is 2. The third kappa shape index (κ3) is 1.69. The van der Waals surface area contributed by atoms with E-state index in [4.69, 9.17) is 0 Å². The summed E-state index contributed by atoms with van der Waals surface area (Å²) < 4.78 is 2.01. The van der Waals surface area contributed by atoms with E-state index in [1.165, 1.54) is 25.1 Å². The van der Waals surface area contributed by atoms with E-state index >= 15 is 0 Å². The van der Waals surface area contributed by atoms with E-state index in [2.05, 4.69) is 23.4 Å². The first-order valence-corrected chi connectivity index (χ1v) is 5.51. The van der Waals surface area contributed by atoms with E-state index in [-0.39, 0.29) is 0 Å². The molecule has 0 aromatic carbocycles. The molecule has 1 aromatic heterocycles. The maximum atomic E-state index is 4.24. The van der Waals surface area contributed by atoms with E-state index in [1.54, 1.807) is 0 Å². The van der Waals surface area contributed by atoms with Gasteiger partial charge in [-0.05, 0) is 24.9 Å². The summed E-state index contributed by atoms with van der Waals surface area (Å²) in [6.45, 7) is 4.55. The monoisotopic (exact) mass is 193 g/mol. The van der Waals surface area contributed by atoms with Crippen LogP contribution in [0.3, 0.4) is 0 Å². The van der Waals surface area contributed by atoms with Crippen LogP contribution in [-0.4, -0.2) is 22.9 Å². The second-order valence-electron chi connectivity index (χ2n) is 4.19. The van der Waals surface area contributed by atoms with Gasteiger partial charge in [-0.15, -0.1) is 0 Å². The topological polar surface area (TPSA) is 29.9 Å². The molecule has 0 radical (unpaired) electrons. The van der Waals surface area contributed by atoms with Gasteiger partial charge in [0.05, 0.1) is 0 Å². The highest BCUT2D eigenvalue weighted by Crippen LogP contribution is 2.30. The van der Waals surface area contributed by atoms with Crippen molar-refractivity contribution in [2.24, 2.45) is 13.0 Å². The summed E-state index contributed by atoms with van der Waals surface area (Å²) in [5.41, 5.74) is 1.38. The van der Waals surface area contributed by atoms with Crippen LogP contribution in [-0.2, 0) is 7.05 Å². The maximum Gasteiger partial charge on any atom is 0.0492 e. The van der Waals surface area contributed by atoms with Gasteiger partial charge in [-0.2, -0.15) is 5.10 Å². The van der Waals surface area contributed by atoms with Gasteiger partial charge in [0, 0.05) is 31.4 Å². The van der Waals surface area contributed by atoms with Gasteiger partial charge in [0.15, 0.2) is 0 Å². The van der Waals surface area contributed by atoms with Gasteiger partial charge in [-0.3, -0.25) is 4.68 Å². The lowest BCUT2D eigenvalue weighted by molar-refractivity contribution is 0.453. The molecule has 2 rings (SSSR count). The largest absolute Gasteiger partial charge is 0.316 e. The lowest BCUT2D eigenvalue weighted by Crippen LogP contribution is -2.14. The molecular formula is C11H19N3. The third-order valence-electron chi connectivity index (χ3n) is 3.24. The highest BCUT2D eigenvalue weighted by atomic mass is 15.3. The molecule has 1 saturated heterocycles. The van der Waals surface area contributed by atoms with Crippen LogP contribution in [0.5, 0.6) is 0 Å². The maximum absolute atomic E-state index is 4.24. The van der Waals surface area contributed by atoms with Crippen molar-refractivity contribution in [3.8, 4) is 0 Å². The first kappa shape index (κ1) is 9.71. The first-order chi connectivity index (χ1) is 6.83. The van der Waals surface area contributed by atoms with Crippen molar-refractivity contribution < 1.29 is 0 Å². The van der Waals surface area contributed by atoms with Gasteiger partial charge < -0.3 is 5.32 Å². The number of rotatable bonds is 3. The fraction of sp³-hybridized carbons (Fsp3) is 0.727. The molecule has 1 aliphatic heterocycles. The van der Waals surface area contributed by atoms with Gasteiger partial charge in [0.2, 0.25) is 0 Å². The molecule has 1 aromatic rings. The predicted octanol–water partition coefficient (Wildman–Crippen LogP) is 1.52. The SMILES string of the molecule is CCCC1CNCC1c1ccnn1C. The van der Waals surface area contributed by atoms with Crippen molar-refractivity contribution in [3.63, 3.8) is 0 Å². The number of hydrogen-bond donors (Lipinski definition) is 1. The van der Waals surface area contributed by atoms with Crippen LogP contribution in [0.4, 0.5) is 0 Å². The van der Waals surface area contributed by atoms with Crippen molar-refractivity contribution in [3.05, 3.63) is 18.0 Å². The van der Waals surface area contributed by atoms with E-state index in [1.807, 2.05) is 17.9 Å². The molecule has 2 atom stereocenters. The molecule has 0 bridgehead atoms. The fourth-order valence-electron chi connectivity index (χ4n) is 2.50. The van der Waals surface area contributed by atoms with Crippen LogP contribution in [0.2, 0.25) is 0 Å². The Bertz CT molecular complexity index is 292. The molecule has 1 N–H and O–H groups in total. The fourth-order valence-corrected chi connectivity index (χ4v) is 2.50. The van der Waals surface area contributed by atoms with Crippen LogP contribution in [0, 0.1) is 5.92 Å². The molecular weight excluding hydrogens is 174 g/mol. The summed E-state index contributed by atoms with van der Waals surface area (Å²) in [7, 11) is 2.04. The summed E-state index contributed by atoms with van der Waals surface area (Å²) in [5.74, 6) is 1.47. The second-order valence-corrected chi connectivity index (χ2v) is 4.19. The predicted molar refractivity (Wildman–Crippen MR) is 57.2 cm³/mol. The molecule has 0 amide bonds. The number of aryl methyl sites for hydroxylation is 1. The Morgan fingerprint density at radius 1 is 1.57 bits per heavy atom. The minimum Gasteiger partial charge on any atom is -0.316 e. The molecule has 1 fully saturated rings. The van der Waals surface area contributed by atoms with E-state index in [0.29, 0.717) is 5.92 Å². The summed E-state index contributed by atoms with van der Waals surface area (Å²) in [6.07, 6.45) is 4.50. The average molecular weight is 193 g/mol. The van der Waals surface area contributed by atoms with E-state index in [9.17, 15) is 0 Å². The Morgan fingerprint density at radius 2 is 2.43 bits per heavy atom. The van der Waals surface area contributed by atoms with Crippen molar-refractivity contribution in [2.45, 2.75) is 25.7 Å². The Labute approximate surface area is 85.5 Å². The van der Waals surface area contributed by atoms with Crippen molar-refractivity contribution >= 4 is 0 Å². The van der Waals surface area contributed by atoms with Gasteiger partial charge >= 0.3 is 0 Å². The minimum absolute atomic E-state index is 0.669. The molecule has 2 heterocycles. The van der Waals surface area contributed by atoms with Gasteiger partial charge in [-0.1, -0.05) is 13.3 Å². The Hall–Kier alpha value is -0.830. The normalized spacial score (nSPS) is 27.0. The zero-order valence-corrected chi connectivity index (χ0v) is 9.03. The minimum atomic E-state index is 0.669. The molecule has 78 valence electrons. The summed E-state index contributed by atoms with van der Waals surface area (Å²) in [5, 5.41) is 7.73. The Balaban J connectivity index is 2.13. The molecule has 3 heteroatoms. The zero-order valence-electron chi connectivity index (χ0n) is 9.03. The summed E-state index contributed by atoms with van der Waals surface area (Å²) >= 11 is 0. The Morgan fingerprint density at radius 3 is 3.07 bits per heavy atom. The highest BCUT2D eigenvalue weighted by molar-refractivity contribution is 5.12. The molecule has 0 spiro atoms. The van der Waals surface area contributed by atoms with Crippen LogP contribution in [0.1, 0.15) is 31.4 Å². The quantitative estimate of drug-likeness (QED) is 0.789. The van der Waals surface area contributed by atoms with Crippen molar-refractivity contribution in [1.82, 2.24) is 15.1 Å². The summed E-state index contributed by atoms with van der Waals surface area (Å²) in [4.78, 5) is 0. The molecule has 1 aliphatic rings. The number of nitrogens with one attached hydrogen (secondary N) is 1. The first-order valence-electron chi connectivity index (χ1n) is 5.51. The smallest absolute Gasteiger partial charge is 0.0492 e. The van der Waals surface area contributed by atoms with E-state index < -0.39 is 0 Å². The Kier molecular flexibility index (Phi) is 2.87. The van der Waals surface area contributed by atoms with Crippen LogP contribution in [0.15, 0.2) is 12.3 Å². The molecule has 3 nitrogen and oxygen atoms in total. The van der Waals surface area contributed by atoms with Crippen LogP contribution >= 0.6 is 0 Å². The second kappa shape index (κ2) is 4.13. The van der Waals surface area contributed by atoms with Crippen LogP contribution in [0.25, 0.3) is 0 Å². The molecule has 14 heavy (non-hydrogen) atoms. The van der Waals surface area contributed by atoms with Crippen molar-refractivity contribution in [2.75, 3.05) is 13.1 Å². The third-order valence-corrected chi connectivity index (χ3v) is 3.24. The number of aromatic nitrogens is 2. The average Bonchev–Trinajstić information content (AvgIpc) is 2.74. The van der Waals surface area contributed by atoms with Gasteiger partial charge in [-0.25, -0.2) is 0 Å². The lowest BCUT2D eigenvalue weighted by Gasteiger charge is -2.17. The molecule has 2 unspecified atom stereocenters. The van der Waals surface area contributed by atoms with Crippen molar-refractivity contribution in [1.29, 1.82) is 0 Å². The lowest BCUT2D eigenvalue weighted by atomic mass is 9.89. The van der Waals surface area contributed by atoms with Crippen LogP contribution < -0.4 is 5.32 Å². The summed E-state index contributed by atoms with van der Waals surface area (Å²) in [6, 6.07) is 2.15. The standard InChI is InChI=1S/C11H19N3/c1-3-4-9-7-12-8-10(9)11-5-6-13-14(11)2/h5-6,9-10,12H,3-4,7-8H2,1-2H3. The van der Waals surface area contributed by atoms with Gasteiger partial charge in [0.25, 0.3) is 0 Å². The molecule has 0 saturated carbocycles. The molecule has 0 aliphatic carbocycles. The van der Waals surface area contributed by atoms with E-state index in [0.717, 1.165) is 12.5 Å². The number of nitrogens with zero attached hydrogens (tertiary/aromatic N) is 2. The van der Waals surface area contributed by atoms with Gasteiger partial charge in [0.1, 0.15) is 0 Å².